The second-order valence-corrected chi connectivity index (χ2v) is 7.07. The molecule has 3 aromatic rings. The molecule has 0 aliphatic carbocycles. The molecule has 0 atom stereocenters. The second kappa shape index (κ2) is 9.45. The fourth-order valence-electron chi connectivity index (χ4n) is 2.31. The van der Waals surface area contributed by atoms with E-state index < -0.39 is 0 Å². The molecule has 0 saturated carbocycles. The van der Waals surface area contributed by atoms with E-state index in [0.717, 1.165) is 22.6 Å². The van der Waals surface area contributed by atoms with Crippen molar-refractivity contribution in [3.8, 4) is 0 Å². The van der Waals surface area contributed by atoms with Gasteiger partial charge in [-0.3, -0.25) is 5.43 Å². The smallest absolute Gasteiger partial charge is 0.259 e. The molecule has 0 unspecified atom stereocenters. The molecule has 3 rings (SSSR count). The Kier molecular flexibility index (Phi) is 6.74. The number of nitrogens with zero attached hydrogens (tertiary/aromatic N) is 5. The summed E-state index contributed by atoms with van der Waals surface area (Å²) in [5.41, 5.74) is 9.79. The van der Waals surface area contributed by atoms with Crippen molar-refractivity contribution in [3.63, 3.8) is 0 Å². The summed E-state index contributed by atoms with van der Waals surface area (Å²) in [5, 5.41) is 18.1. The van der Waals surface area contributed by atoms with Gasteiger partial charge in [-0.2, -0.15) is 15.2 Å². The lowest BCUT2D eigenvalue weighted by Gasteiger charge is -2.07. The molecular weight excluding hydrogens is 409 g/mol. The largest absolute Gasteiger partial charge is 0.265 e. The fourth-order valence-corrected chi connectivity index (χ4v) is 2.57. The molecule has 9 heteroatoms. The van der Waals surface area contributed by atoms with Crippen molar-refractivity contribution in [1.82, 2.24) is 15.2 Å². The highest BCUT2D eigenvalue weighted by Gasteiger charge is 2.06. The summed E-state index contributed by atoms with van der Waals surface area (Å²) in [6, 6.07) is 14.8. The number of anilines is 2. The third kappa shape index (κ3) is 5.73. The second-order valence-electron chi connectivity index (χ2n) is 6.20. The third-order valence-corrected chi connectivity index (χ3v) is 4.54. The van der Waals surface area contributed by atoms with E-state index in [0.29, 0.717) is 21.6 Å². The Labute approximate surface area is 178 Å². The zero-order valence-corrected chi connectivity index (χ0v) is 17.6. The molecule has 7 nitrogen and oxygen atoms in total. The van der Waals surface area contributed by atoms with Crippen LogP contribution in [0.1, 0.15) is 30.7 Å². The molecule has 29 heavy (non-hydrogen) atoms. The minimum Gasteiger partial charge on any atom is -0.259 e. The van der Waals surface area contributed by atoms with Gasteiger partial charge in [0.2, 0.25) is 0 Å². The van der Waals surface area contributed by atoms with Gasteiger partial charge >= 0.3 is 0 Å². The maximum Gasteiger partial charge on any atom is 0.265 e. The lowest BCUT2D eigenvalue weighted by molar-refractivity contribution is 0.921. The van der Waals surface area contributed by atoms with E-state index in [4.69, 9.17) is 23.2 Å². The van der Waals surface area contributed by atoms with Crippen LogP contribution >= 0.6 is 23.2 Å². The van der Waals surface area contributed by atoms with Crippen molar-refractivity contribution in [2.75, 3.05) is 10.9 Å². The molecule has 0 spiro atoms. The standard InChI is InChI=1S/C20H19Cl2N7/c1-12(15-4-8-17(21)9-5-15)24-27-19-14(3)26-29-20(23-19)28-25-13(2)16-6-10-18(22)11-7-16/h4-11H,1-3H3,(H2,23,27,28,29). The average Bonchev–Trinajstić information content (AvgIpc) is 2.72. The monoisotopic (exact) mass is 427 g/mol. The van der Waals surface area contributed by atoms with E-state index in [2.05, 4.69) is 36.2 Å². The first-order valence-electron chi connectivity index (χ1n) is 8.76. The Hall–Kier alpha value is -3.03. The summed E-state index contributed by atoms with van der Waals surface area (Å²) in [4.78, 5) is 4.38. The number of hydrogen-bond acceptors (Lipinski definition) is 7. The van der Waals surface area contributed by atoms with Crippen molar-refractivity contribution in [2.45, 2.75) is 20.8 Å². The Bertz CT molecular complexity index is 1050. The molecule has 2 N–H and O–H groups in total. The highest BCUT2D eigenvalue weighted by Crippen LogP contribution is 2.14. The lowest BCUT2D eigenvalue weighted by Crippen LogP contribution is -2.08. The predicted molar refractivity (Wildman–Crippen MR) is 119 cm³/mol. The Morgan fingerprint density at radius 1 is 0.759 bits per heavy atom. The molecule has 0 aliphatic rings. The van der Waals surface area contributed by atoms with Crippen LogP contribution < -0.4 is 10.9 Å². The third-order valence-electron chi connectivity index (χ3n) is 4.03. The van der Waals surface area contributed by atoms with Gasteiger partial charge in [0.05, 0.1) is 11.4 Å². The predicted octanol–water partition coefficient (Wildman–Crippen LogP) is 5.16. The van der Waals surface area contributed by atoms with Gasteiger partial charge in [0.15, 0.2) is 5.82 Å². The van der Waals surface area contributed by atoms with E-state index in [-0.39, 0.29) is 5.95 Å². The van der Waals surface area contributed by atoms with E-state index in [1.165, 1.54) is 0 Å². The van der Waals surface area contributed by atoms with Gasteiger partial charge in [-0.15, -0.1) is 10.2 Å². The molecule has 2 aromatic carbocycles. The van der Waals surface area contributed by atoms with Crippen LogP contribution in [0, 0.1) is 6.92 Å². The Morgan fingerprint density at radius 3 is 1.76 bits per heavy atom. The number of aryl methyl sites for hydroxylation is 1. The zero-order chi connectivity index (χ0) is 20.8. The molecule has 0 aliphatic heterocycles. The number of halogens is 2. The summed E-state index contributed by atoms with van der Waals surface area (Å²) in [6.07, 6.45) is 0. The van der Waals surface area contributed by atoms with Crippen molar-refractivity contribution in [3.05, 3.63) is 75.4 Å². The van der Waals surface area contributed by atoms with Crippen LogP contribution in [0.4, 0.5) is 11.8 Å². The van der Waals surface area contributed by atoms with E-state index >= 15 is 0 Å². The normalized spacial score (nSPS) is 12.0. The molecular formula is C20H19Cl2N7. The van der Waals surface area contributed by atoms with Gasteiger partial charge in [0.25, 0.3) is 5.95 Å². The quantitative estimate of drug-likeness (QED) is 0.418. The Morgan fingerprint density at radius 2 is 1.24 bits per heavy atom. The summed E-state index contributed by atoms with van der Waals surface area (Å²) < 4.78 is 0. The van der Waals surface area contributed by atoms with Crippen molar-refractivity contribution < 1.29 is 0 Å². The molecule has 148 valence electrons. The minimum absolute atomic E-state index is 0.255. The highest BCUT2D eigenvalue weighted by atomic mass is 35.5. The van der Waals surface area contributed by atoms with E-state index in [1.54, 1.807) is 6.92 Å². The number of hydrogen-bond donors (Lipinski definition) is 2. The van der Waals surface area contributed by atoms with Gasteiger partial charge in [0, 0.05) is 10.0 Å². The van der Waals surface area contributed by atoms with Gasteiger partial charge in [-0.25, -0.2) is 5.43 Å². The molecule has 0 saturated heterocycles. The summed E-state index contributed by atoms with van der Waals surface area (Å²) in [7, 11) is 0. The number of aromatic nitrogens is 3. The van der Waals surface area contributed by atoms with Crippen molar-refractivity contribution >= 4 is 46.4 Å². The maximum atomic E-state index is 5.92. The molecule has 0 bridgehead atoms. The minimum atomic E-state index is 0.255. The van der Waals surface area contributed by atoms with Gasteiger partial charge < -0.3 is 0 Å². The summed E-state index contributed by atoms with van der Waals surface area (Å²) in [5.74, 6) is 0.737. The van der Waals surface area contributed by atoms with Crippen molar-refractivity contribution in [2.24, 2.45) is 10.2 Å². The van der Waals surface area contributed by atoms with Crippen LogP contribution in [0.3, 0.4) is 0 Å². The first-order chi connectivity index (χ1) is 13.9. The topological polar surface area (TPSA) is 87.5 Å². The van der Waals surface area contributed by atoms with Crippen LogP contribution in [0.2, 0.25) is 10.0 Å². The number of nitrogens with one attached hydrogen (secondary N) is 2. The Balaban J connectivity index is 1.72. The lowest BCUT2D eigenvalue weighted by atomic mass is 10.1. The summed E-state index contributed by atoms with van der Waals surface area (Å²) in [6.45, 7) is 5.55. The van der Waals surface area contributed by atoms with Crippen LogP contribution in [0.25, 0.3) is 0 Å². The van der Waals surface area contributed by atoms with Crippen molar-refractivity contribution in [1.29, 1.82) is 0 Å². The van der Waals surface area contributed by atoms with Gasteiger partial charge in [0.1, 0.15) is 5.69 Å². The van der Waals surface area contributed by atoms with E-state index in [9.17, 15) is 0 Å². The van der Waals surface area contributed by atoms with Gasteiger partial charge in [-0.1, -0.05) is 47.5 Å². The SMILES string of the molecule is CC(=NNc1nnc(C)c(NN=C(C)c2ccc(Cl)cc2)n1)c1ccc(Cl)cc1. The first-order valence-corrected chi connectivity index (χ1v) is 9.52. The molecule has 0 amide bonds. The average molecular weight is 428 g/mol. The zero-order valence-electron chi connectivity index (χ0n) is 16.1. The van der Waals surface area contributed by atoms with Crippen LogP contribution in [0.15, 0.2) is 58.7 Å². The maximum absolute atomic E-state index is 5.92. The number of hydrazone groups is 2. The van der Waals surface area contributed by atoms with Gasteiger partial charge in [-0.05, 0) is 56.2 Å². The fraction of sp³-hybridized carbons (Fsp3) is 0.150. The highest BCUT2D eigenvalue weighted by molar-refractivity contribution is 6.31. The van der Waals surface area contributed by atoms with Crippen LogP contribution in [-0.4, -0.2) is 26.6 Å². The molecule has 0 radical (unpaired) electrons. The summed E-state index contributed by atoms with van der Waals surface area (Å²) >= 11 is 11.8. The van der Waals surface area contributed by atoms with Crippen LogP contribution in [-0.2, 0) is 0 Å². The molecule has 1 heterocycles. The van der Waals surface area contributed by atoms with Crippen LogP contribution in [0.5, 0.6) is 0 Å². The molecule has 0 fully saturated rings. The number of rotatable bonds is 6. The first kappa shape index (κ1) is 20.7. The number of benzene rings is 2. The van der Waals surface area contributed by atoms with E-state index in [1.807, 2.05) is 62.4 Å². The molecule has 1 aromatic heterocycles.